The Kier molecular flexibility index (Phi) is 4.67. The van der Waals surface area contributed by atoms with Crippen LogP contribution in [0.1, 0.15) is 5.82 Å². The number of carbonyl (C=O) groups excluding carboxylic acids is 1. The van der Waals surface area contributed by atoms with Crippen molar-refractivity contribution in [1.29, 1.82) is 0 Å². The summed E-state index contributed by atoms with van der Waals surface area (Å²) < 4.78 is 8.49. The maximum atomic E-state index is 12.9. The molecule has 158 valence electrons. The number of pyridine rings is 1. The van der Waals surface area contributed by atoms with E-state index in [1.165, 1.54) is 4.68 Å². The van der Waals surface area contributed by atoms with Crippen LogP contribution in [0.5, 0.6) is 0 Å². The van der Waals surface area contributed by atoms with Crippen molar-refractivity contribution in [1.82, 2.24) is 39.0 Å². The maximum Gasteiger partial charge on any atom is 0.346 e. The van der Waals surface area contributed by atoms with E-state index in [4.69, 9.17) is 10.5 Å². The summed E-state index contributed by atoms with van der Waals surface area (Å²) in [5.74, 6) is 1.92. The molecular weight excluding hydrogens is 400 g/mol. The van der Waals surface area contributed by atoms with Gasteiger partial charge in [-0.2, -0.15) is 19.7 Å². The molecule has 12 nitrogen and oxygen atoms in total. The molecule has 0 saturated carbocycles. The number of aryl methyl sites for hydroxylation is 1. The van der Waals surface area contributed by atoms with E-state index in [9.17, 15) is 4.79 Å². The second kappa shape index (κ2) is 7.65. The molecule has 12 heteroatoms. The Labute approximate surface area is 176 Å². The summed E-state index contributed by atoms with van der Waals surface area (Å²) in [4.78, 5) is 32.1. The summed E-state index contributed by atoms with van der Waals surface area (Å²) in [6.07, 6.45) is 3.41. The highest BCUT2D eigenvalue weighted by Gasteiger charge is 2.23. The van der Waals surface area contributed by atoms with E-state index < -0.39 is 0 Å². The minimum absolute atomic E-state index is 0.117. The molecule has 0 spiro atoms. The topological polar surface area (TPSA) is 141 Å². The lowest BCUT2D eigenvalue weighted by Gasteiger charge is -2.26. The smallest absolute Gasteiger partial charge is 0.346 e. The lowest BCUT2D eigenvalue weighted by molar-refractivity contribution is 0.0530. The largest absolute Gasteiger partial charge is 0.378 e. The van der Waals surface area contributed by atoms with Crippen LogP contribution in [0.25, 0.3) is 17.2 Å². The Morgan fingerprint density at radius 2 is 1.97 bits per heavy atom. The Morgan fingerprint density at radius 1 is 1.13 bits per heavy atom. The second-order valence-electron chi connectivity index (χ2n) is 6.94. The van der Waals surface area contributed by atoms with Gasteiger partial charge in [0.1, 0.15) is 23.0 Å². The second-order valence-corrected chi connectivity index (χ2v) is 6.94. The first-order chi connectivity index (χ1) is 15.1. The molecule has 4 aromatic rings. The molecule has 1 aliphatic heterocycles. The third-order valence-corrected chi connectivity index (χ3v) is 4.86. The average molecular weight is 420 g/mol. The number of hydrogen-bond donors (Lipinski definition) is 2. The van der Waals surface area contributed by atoms with Crippen molar-refractivity contribution < 1.29 is 9.53 Å². The van der Waals surface area contributed by atoms with Gasteiger partial charge in [-0.05, 0) is 19.1 Å². The molecule has 1 amide bonds. The van der Waals surface area contributed by atoms with Crippen LogP contribution in [0.3, 0.4) is 0 Å². The SMILES string of the molecule is Cc1nc(N)nc(-c2c(Nc3ccnn3C(=O)N3CCOCC3)nc3ccccn23)n1. The number of nitrogens with two attached hydrogens (primary N) is 1. The first-order valence-electron chi connectivity index (χ1n) is 9.74. The number of morpholine rings is 1. The molecule has 3 N–H and O–H groups in total. The third-order valence-electron chi connectivity index (χ3n) is 4.86. The van der Waals surface area contributed by atoms with Gasteiger partial charge >= 0.3 is 6.03 Å². The molecule has 0 radical (unpaired) electrons. The van der Waals surface area contributed by atoms with Gasteiger partial charge in [-0.15, -0.1) is 0 Å². The number of fused-ring (bicyclic) bond motifs is 1. The number of carbonyl (C=O) groups is 1. The molecule has 5 heterocycles. The minimum atomic E-state index is -0.235. The highest BCUT2D eigenvalue weighted by Crippen LogP contribution is 2.29. The van der Waals surface area contributed by atoms with Gasteiger partial charge in [0.2, 0.25) is 5.95 Å². The number of nitrogens with one attached hydrogen (secondary N) is 1. The van der Waals surface area contributed by atoms with Crippen molar-refractivity contribution >= 4 is 29.3 Å². The third kappa shape index (κ3) is 3.53. The molecule has 0 atom stereocenters. The predicted molar refractivity (Wildman–Crippen MR) is 112 cm³/mol. The summed E-state index contributed by atoms with van der Waals surface area (Å²) in [6.45, 7) is 3.79. The van der Waals surface area contributed by atoms with Crippen LogP contribution in [0.15, 0.2) is 36.7 Å². The quantitative estimate of drug-likeness (QED) is 0.502. The van der Waals surface area contributed by atoms with Gasteiger partial charge in [-0.1, -0.05) is 6.07 Å². The van der Waals surface area contributed by atoms with Gasteiger partial charge < -0.3 is 20.7 Å². The molecule has 1 aliphatic rings. The van der Waals surface area contributed by atoms with Crippen molar-refractivity contribution in [3.05, 3.63) is 42.5 Å². The van der Waals surface area contributed by atoms with Crippen LogP contribution in [-0.4, -0.2) is 71.4 Å². The van der Waals surface area contributed by atoms with Crippen molar-refractivity contribution in [3.8, 4) is 11.5 Å². The number of amides is 1. The van der Waals surface area contributed by atoms with Crippen molar-refractivity contribution in [2.75, 3.05) is 37.4 Å². The number of nitrogen functional groups attached to an aromatic ring is 1. The van der Waals surface area contributed by atoms with Crippen LogP contribution in [0.2, 0.25) is 0 Å². The molecule has 1 saturated heterocycles. The molecule has 0 aliphatic carbocycles. The van der Waals surface area contributed by atoms with Crippen molar-refractivity contribution in [2.45, 2.75) is 6.92 Å². The Hall–Kier alpha value is -4.06. The van der Waals surface area contributed by atoms with Gasteiger partial charge in [0.25, 0.3) is 0 Å². The van der Waals surface area contributed by atoms with E-state index >= 15 is 0 Å². The molecule has 4 aromatic heterocycles. The summed E-state index contributed by atoms with van der Waals surface area (Å²) in [7, 11) is 0. The van der Waals surface area contributed by atoms with Gasteiger partial charge in [0, 0.05) is 25.4 Å². The maximum absolute atomic E-state index is 12.9. The molecular formula is C19H20N10O2. The van der Waals surface area contributed by atoms with E-state index in [1.807, 2.05) is 28.8 Å². The number of hydrogen-bond acceptors (Lipinski definition) is 9. The first kappa shape index (κ1) is 18.9. The summed E-state index contributed by atoms with van der Waals surface area (Å²) >= 11 is 0. The molecule has 5 rings (SSSR count). The van der Waals surface area contributed by atoms with Crippen LogP contribution in [0, 0.1) is 6.92 Å². The predicted octanol–water partition coefficient (Wildman–Crippen LogP) is 1.32. The lowest BCUT2D eigenvalue weighted by Crippen LogP contribution is -2.43. The van der Waals surface area contributed by atoms with E-state index in [2.05, 4.69) is 30.4 Å². The Morgan fingerprint density at radius 3 is 2.77 bits per heavy atom. The zero-order valence-electron chi connectivity index (χ0n) is 16.8. The van der Waals surface area contributed by atoms with E-state index in [0.29, 0.717) is 60.9 Å². The van der Waals surface area contributed by atoms with Crippen molar-refractivity contribution in [2.24, 2.45) is 0 Å². The highest BCUT2D eigenvalue weighted by molar-refractivity contribution is 5.82. The number of imidazole rings is 1. The molecule has 0 aromatic carbocycles. The number of nitrogens with zero attached hydrogens (tertiary/aromatic N) is 8. The number of rotatable bonds is 3. The van der Waals surface area contributed by atoms with Gasteiger partial charge in [0.05, 0.1) is 19.4 Å². The highest BCUT2D eigenvalue weighted by atomic mass is 16.5. The zero-order chi connectivity index (χ0) is 21.4. The van der Waals surface area contributed by atoms with E-state index in [1.54, 1.807) is 24.1 Å². The van der Waals surface area contributed by atoms with Gasteiger partial charge in [0.15, 0.2) is 11.6 Å². The fourth-order valence-electron chi connectivity index (χ4n) is 3.47. The van der Waals surface area contributed by atoms with Crippen LogP contribution >= 0.6 is 0 Å². The van der Waals surface area contributed by atoms with E-state index in [0.717, 1.165) is 0 Å². The number of aromatic nitrogens is 7. The standard InChI is InChI=1S/C19H20N10O2/c1-12-22-16(26-18(20)23-12)15-17(24-13-4-2-3-7-28(13)15)25-14-5-6-21-29(14)19(30)27-8-10-31-11-9-27/h2-7,25H,8-11H2,1H3,(H2,20,22,23,26). The average Bonchev–Trinajstić information content (AvgIpc) is 3.37. The lowest BCUT2D eigenvalue weighted by atomic mass is 10.3. The number of ether oxygens (including phenoxy) is 1. The first-order valence-corrected chi connectivity index (χ1v) is 9.74. The normalized spacial score (nSPS) is 14.2. The van der Waals surface area contributed by atoms with Crippen LogP contribution in [0.4, 0.5) is 22.4 Å². The molecule has 0 bridgehead atoms. The molecule has 31 heavy (non-hydrogen) atoms. The summed E-state index contributed by atoms with van der Waals surface area (Å²) in [5.41, 5.74) is 7.13. The number of anilines is 3. The van der Waals surface area contributed by atoms with E-state index in [-0.39, 0.29) is 12.0 Å². The zero-order valence-corrected chi connectivity index (χ0v) is 16.8. The molecule has 0 unspecified atom stereocenters. The summed E-state index contributed by atoms with van der Waals surface area (Å²) in [6, 6.07) is 7.10. The van der Waals surface area contributed by atoms with Gasteiger partial charge in [-0.3, -0.25) is 4.40 Å². The van der Waals surface area contributed by atoms with Crippen LogP contribution in [-0.2, 0) is 4.74 Å². The Balaban J connectivity index is 1.57. The van der Waals surface area contributed by atoms with Gasteiger partial charge in [-0.25, -0.2) is 14.8 Å². The van der Waals surface area contributed by atoms with Crippen molar-refractivity contribution in [3.63, 3.8) is 0 Å². The fourth-order valence-corrected chi connectivity index (χ4v) is 3.47. The fraction of sp³-hybridized carbons (Fsp3) is 0.263. The Bertz CT molecular complexity index is 1240. The monoisotopic (exact) mass is 420 g/mol. The van der Waals surface area contributed by atoms with Crippen LogP contribution < -0.4 is 11.1 Å². The minimum Gasteiger partial charge on any atom is -0.378 e. The summed E-state index contributed by atoms with van der Waals surface area (Å²) in [5, 5.41) is 7.41. The molecule has 1 fully saturated rings.